The zero-order chi connectivity index (χ0) is 12.8. The third kappa shape index (κ3) is 3.84. The van der Waals surface area contributed by atoms with Crippen molar-refractivity contribution in [2.45, 2.75) is 47.1 Å². The van der Waals surface area contributed by atoms with Crippen molar-refractivity contribution in [3.63, 3.8) is 0 Å². The molecule has 0 unspecified atom stereocenters. The van der Waals surface area contributed by atoms with Crippen molar-refractivity contribution in [3.8, 4) is 0 Å². The van der Waals surface area contributed by atoms with Crippen molar-refractivity contribution in [2.75, 3.05) is 6.61 Å². The Hall–Kier alpha value is -1.39. The fourth-order valence-electron chi connectivity index (χ4n) is 1.65. The van der Waals surface area contributed by atoms with Gasteiger partial charge < -0.3 is 9.30 Å². The van der Waals surface area contributed by atoms with Crippen molar-refractivity contribution < 1.29 is 9.53 Å². The molecule has 0 aromatic carbocycles. The number of aromatic nitrogens is 3. The lowest BCUT2D eigenvalue weighted by Gasteiger charge is -2.09. The molecule has 0 fully saturated rings. The van der Waals surface area contributed by atoms with Crippen LogP contribution < -0.4 is 0 Å². The van der Waals surface area contributed by atoms with E-state index >= 15 is 0 Å². The summed E-state index contributed by atoms with van der Waals surface area (Å²) >= 11 is 0. The first-order valence-electron chi connectivity index (χ1n) is 6.13. The number of nitrogens with zero attached hydrogens (tertiary/aromatic N) is 3. The van der Waals surface area contributed by atoms with Crippen molar-refractivity contribution in [3.05, 3.63) is 11.6 Å². The molecule has 0 aliphatic carbocycles. The van der Waals surface area contributed by atoms with Gasteiger partial charge in [-0.1, -0.05) is 13.8 Å². The Morgan fingerprint density at radius 2 is 2.12 bits per heavy atom. The molecule has 0 saturated carbocycles. The lowest BCUT2D eigenvalue weighted by molar-refractivity contribution is 0.0505. The van der Waals surface area contributed by atoms with Gasteiger partial charge in [-0.25, -0.2) is 4.79 Å². The number of aryl methyl sites for hydroxylation is 1. The Bertz CT molecular complexity index is 372. The van der Waals surface area contributed by atoms with Crippen LogP contribution in [-0.2, 0) is 11.3 Å². The largest absolute Gasteiger partial charge is 0.460 e. The Morgan fingerprint density at radius 1 is 1.41 bits per heavy atom. The zero-order valence-corrected chi connectivity index (χ0v) is 11.1. The zero-order valence-electron chi connectivity index (χ0n) is 11.1. The van der Waals surface area contributed by atoms with Crippen molar-refractivity contribution in [1.29, 1.82) is 0 Å². The number of carbonyl (C=O) groups is 1. The predicted molar refractivity (Wildman–Crippen MR) is 64.8 cm³/mol. The predicted octanol–water partition coefficient (Wildman–Crippen LogP) is 2.20. The van der Waals surface area contributed by atoms with Crippen LogP contribution in [0, 0.1) is 12.8 Å². The summed E-state index contributed by atoms with van der Waals surface area (Å²) in [4.78, 5) is 11.6. The summed E-state index contributed by atoms with van der Waals surface area (Å²) < 4.78 is 6.78. The van der Waals surface area contributed by atoms with Gasteiger partial charge in [-0.15, -0.1) is 10.2 Å². The maximum Gasteiger partial charge on any atom is 0.376 e. The first-order chi connectivity index (χ1) is 8.06. The summed E-state index contributed by atoms with van der Waals surface area (Å²) in [7, 11) is 0. The number of rotatable bonds is 6. The molecule has 17 heavy (non-hydrogen) atoms. The standard InChI is InChI=1S/C12H21N3O2/c1-5-17-12(16)11-14-13-10(4)15(11)8-6-7-9(2)3/h9H,5-8H2,1-4H3. The summed E-state index contributed by atoms with van der Waals surface area (Å²) in [5.74, 6) is 1.35. The van der Waals surface area contributed by atoms with Gasteiger partial charge >= 0.3 is 5.97 Å². The summed E-state index contributed by atoms with van der Waals surface area (Å²) in [6.07, 6.45) is 2.14. The van der Waals surface area contributed by atoms with Crippen LogP contribution in [0.4, 0.5) is 0 Å². The molecule has 1 rings (SSSR count). The van der Waals surface area contributed by atoms with Crippen LogP contribution in [0.1, 0.15) is 50.1 Å². The smallest absolute Gasteiger partial charge is 0.376 e. The maximum atomic E-state index is 11.6. The summed E-state index contributed by atoms with van der Waals surface area (Å²) in [5, 5.41) is 7.80. The topological polar surface area (TPSA) is 57.0 Å². The molecule has 5 nitrogen and oxygen atoms in total. The van der Waals surface area contributed by atoms with E-state index in [1.807, 2.05) is 11.5 Å². The van der Waals surface area contributed by atoms with Gasteiger partial charge in [0.15, 0.2) is 0 Å². The highest BCUT2D eigenvalue weighted by molar-refractivity contribution is 5.85. The van der Waals surface area contributed by atoms with Crippen molar-refractivity contribution in [1.82, 2.24) is 14.8 Å². The molecule has 0 radical (unpaired) electrons. The molecule has 1 heterocycles. The molecule has 0 aliphatic heterocycles. The number of esters is 1. The minimum absolute atomic E-state index is 0.313. The number of carbonyl (C=O) groups excluding carboxylic acids is 1. The molecule has 0 aliphatic rings. The normalized spacial score (nSPS) is 10.9. The Labute approximate surface area is 102 Å². The minimum atomic E-state index is -0.391. The van der Waals surface area contributed by atoms with E-state index in [1.165, 1.54) is 0 Å². The lowest BCUT2D eigenvalue weighted by Crippen LogP contribution is -2.15. The second-order valence-electron chi connectivity index (χ2n) is 4.48. The molecule has 0 saturated heterocycles. The molecule has 1 aromatic heterocycles. The monoisotopic (exact) mass is 239 g/mol. The van der Waals surface area contributed by atoms with E-state index in [9.17, 15) is 4.79 Å². The van der Waals surface area contributed by atoms with Gasteiger partial charge in [-0.3, -0.25) is 0 Å². The van der Waals surface area contributed by atoms with Gasteiger partial charge in [0.05, 0.1) is 6.61 Å². The average Bonchev–Trinajstić information content (AvgIpc) is 2.60. The Morgan fingerprint density at radius 3 is 2.71 bits per heavy atom. The lowest BCUT2D eigenvalue weighted by atomic mass is 10.1. The van der Waals surface area contributed by atoms with Gasteiger partial charge in [0.1, 0.15) is 5.82 Å². The number of hydrogen-bond acceptors (Lipinski definition) is 4. The third-order valence-corrected chi connectivity index (χ3v) is 2.56. The Kier molecular flexibility index (Phi) is 5.12. The molecule has 0 N–H and O–H groups in total. The maximum absolute atomic E-state index is 11.6. The summed E-state index contributed by atoms with van der Waals surface area (Å²) in [5.41, 5.74) is 0. The van der Waals surface area contributed by atoms with Crippen LogP contribution in [0.3, 0.4) is 0 Å². The van der Waals surface area contributed by atoms with Crippen molar-refractivity contribution in [2.24, 2.45) is 5.92 Å². The fraction of sp³-hybridized carbons (Fsp3) is 0.750. The van der Waals surface area contributed by atoms with E-state index in [2.05, 4.69) is 24.0 Å². The van der Waals surface area contributed by atoms with Gasteiger partial charge in [-0.05, 0) is 32.6 Å². The number of ether oxygens (including phenoxy) is 1. The van der Waals surface area contributed by atoms with E-state index in [0.29, 0.717) is 18.3 Å². The molecular weight excluding hydrogens is 218 g/mol. The second kappa shape index (κ2) is 6.37. The number of hydrogen-bond donors (Lipinski definition) is 0. The highest BCUT2D eigenvalue weighted by atomic mass is 16.5. The summed E-state index contributed by atoms with van der Waals surface area (Å²) in [6.45, 7) is 9.13. The van der Waals surface area contributed by atoms with Crippen LogP contribution >= 0.6 is 0 Å². The summed E-state index contributed by atoms with van der Waals surface area (Å²) in [6, 6.07) is 0. The van der Waals surface area contributed by atoms with Crippen LogP contribution in [0.2, 0.25) is 0 Å². The SMILES string of the molecule is CCOC(=O)c1nnc(C)n1CCCC(C)C. The van der Waals surface area contributed by atoms with Crippen LogP contribution in [0.5, 0.6) is 0 Å². The van der Waals surface area contributed by atoms with Gasteiger partial charge in [0.25, 0.3) is 0 Å². The highest BCUT2D eigenvalue weighted by Crippen LogP contribution is 2.09. The van der Waals surface area contributed by atoms with Crippen LogP contribution in [0.25, 0.3) is 0 Å². The molecule has 0 atom stereocenters. The third-order valence-electron chi connectivity index (χ3n) is 2.56. The van der Waals surface area contributed by atoms with E-state index in [4.69, 9.17) is 4.74 Å². The molecule has 0 amide bonds. The van der Waals surface area contributed by atoms with Gasteiger partial charge in [0.2, 0.25) is 5.82 Å². The first kappa shape index (κ1) is 13.7. The molecule has 0 spiro atoms. The van der Waals surface area contributed by atoms with Crippen molar-refractivity contribution >= 4 is 5.97 Å². The fourth-order valence-corrected chi connectivity index (χ4v) is 1.65. The van der Waals surface area contributed by atoms with E-state index in [-0.39, 0.29) is 0 Å². The quantitative estimate of drug-likeness (QED) is 0.714. The molecule has 5 heteroatoms. The molecular formula is C12H21N3O2. The van der Waals surface area contributed by atoms with Crippen LogP contribution in [0.15, 0.2) is 0 Å². The second-order valence-corrected chi connectivity index (χ2v) is 4.48. The van der Waals surface area contributed by atoms with Gasteiger partial charge in [0, 0.05) is 6.54 Å². The van der Waals surface area contributed by atoms with E-state index in [1.54, 1.807) is 6.92 Å². The van der Waals surface area contributed by atoms with E-state index < -0.39 is 5.97 Å². The molecule has 96 valence electrons. The Balaban J connectivity index is 2.69. The average molecular weight is 239 g/mol. The van der Waals surface area contributed by atoms with Crippen LogP contribution in [-0.4, -0.2) is 27.3 Å². The molecule has 0 bridgehead atoms. The van der Waals surface area contributed by atoms with E-state index in [0.717, 1.165) is 25.2 Å². The highest BCUT2D eigenvalue weighted by Gasteiger charge is 2.17. The minimum Gasteiger partial charge on any atom is -0.460 e. The van der Waals surface area contributed by atoms with Gasteiger partial charge in [-0.2, -0.15) is 0 Å². The first-order valence-corrected chi connectivity index (χ1v) is 6.13. The molecule has 1 aromatic rings.